The van der Waals surface area contributed by atoms with Gasteiger partial charge in [-0.2, -0.15) is 0 Å². The Bertz CT molecular complexity index is 1010. The normalized spacial score (nSPS) is 11.9. The van der Waals surface area contributed by atoms with E-state index in [0.29, 0.717) is 17.5 Å². The maximum atomic E-state index is 13.2. The first-order valence-corrected chi connectivity index (χ1v) is 9.29. The number of carbonyl (C=O) groups is 2. The molecule has 3 rings (SSSR count). The Labute approximate surface area is 165 Å². The quantitative estimate of drug-likeness (QED) is 0.629. The van der Waals surface area contributed by atoms with E-state index in [-0.39, 0.29) is 5.91 Å². The molecule has 144 valence electrons. The molecule has 0 saturated carbocycles. The molecule has 3 aromatic rings. The highest BCUT2D eigenvalue weighted by atomic mass is 16.5. The van der Waals surface area contributed by atoms with Crippen molar-refractivity contribution in [2.75, 3.05) is 14.1 Å². The monoisotopic (exact) mass is 376 g/mol. The van der Waals surface area contributed by atoms with Crippen LogP contribution in [0.5, 0.6) is 0 Å². The van der Waals surface area contributed by atoms with E-state index in [1.54, 1.807) is 26.2 Å². The molecule has 2 aromatic carbocycles. The molecule has 5 nitrogen and oxygen atoms in total. The molecular formula is C23H24N2O3. The number of ether oxygens (including phenoxy) is 1. The van der Waals surface area contributed by atoms with Gasteiger partial charge in [0, 0.05) is 30.7 Å². The van der Waals surface area contributed by atoms with Crippen molar-refractivity contribution in [3.63, 3.8) is 0 Å². The van der Waals surface area contributed by atoms with Crippen LogP contribution in [0.25, 0.3) is 10.9 Å². The van der Waals surface area contributed by atoms with Gasteiger partial charge in [0.05, 0.1) is 11.1 Å². The van der Waals surface area contributed by atoms with Crippen LogP contribution in [0.3, 0.4) is 0 Å². The van der Waals surface area contributed by atoms with Crippen LogP contribution in [0.2, 0.25) is 0 Å². The summed E-state index contributed by atoms with van der Waals surface area (Å²) >= 11 is 0. The third-order valence-corrected chi connectivity index (χ3v) is 4.77. The summed E-state index contributed by atoms with van der Waals surface area (Å²) in [7, 11) is 3.29. The molecule has 0 fully saturated rings. The van der Waals surface area contributed by atoms with Gasteiger partial charge in [-0.1, -0.05) is 55.5 Å². The van der Waals surface area contributed by atoms with Crippen LogP contribution >= 0.6 is 0 Å². The minimum absolute atomic E-state index is 0.286. The molecular weight excluding hydrogens is 352 g/mol. The van der Waals surface area contributed by atoms with E-state index in [1.807, 2.05) is 56.3 Å². The number of hydrogen-bond donors (Lipinski definition) is 0. The van der Waals surface area contributed by atoms with Crippen LogP contribution in [-0.2, 0) is 16.0 Å². The van der Waals surface area contributed by atoms with Crippen molar-refractivity contribution in [2.24, 2.45) is 0 Å². The number of aromatic nitrogens is 1. The van der Waals surface area contributed by atoms with E-state index in [2.05, 4.69) is 4.98 Å². The lowest BCUT2D eigenvalue weighted by atomic mass is 10.00. The fourth-order valence-electron chi connectivity index (χ4n) is 3.25. The molecule has 1 atom stereocenters. The van der Waals surface area contributed by atoms with Crippen LogP contribution in [-0.4, -0.2) is 35.9 Å². The maximum absolute atomic E-state index is 13.2. The topological polar surface area (TPSA) is 59.5 Å². The highest BCUT2D eigenvalue weighted by Crippen LogP contribution is 2.27. The molecule has 5 heteroatoms. The first kappa shape index (κ1) is 19.5. The summed E-state index contributed by atoms with van der Waals surface area (Å²) in [6.07, 6.45) is -0.296. The van der Waals surface area contributed by atoms with Gasteiger partial charge in [-0.3, -0.25) is 9.78 Å². The number of likely N-dealkylation sites (N-methyl/N-ethyl adjacent to an activating group) is 1. The number of fused-ring (bicyclic) bond motifs is 1. The number of nitrogens with zero attached hydrogens (tertiary/aromatic N) is 2. The van der Waals surface area contributed by atoms with Crippen LogP contribution in [0, 0.1) is 6.92 Å². The molecule has 0 N–H and O–H groups in total. The van der Waals surface area contributed by atoms with Crippen LogP contribution in [0.4, 0.5) is 0 Å². The second-order valence-electron chi connectivity index (χ2n) is 6.86. The fraction of sp³-hybridized carbons (Fsp3) is 0.261. The molecule has 1 amide bonds. The van der Waals surface area contributed by atoms with Crippen molar-refractivity contribution in [3.8, 4) is 0 Å². The molecule has 0 saturated heterocycles. The Hall–Kier alpha value is -3.21. The van der Waals surface area contributed by atoms with Crippen molar-refractivity contribution in [3.05, 3.63) is 77.0 Å². The van der Waals surface area contributed by atoms with E-state index in [1.165, 1.54) is 4.90 Å². The molecule has 0 radical (unpaired) electrons. The van der Waals surface area contributed by atoms with Gasteiger partial charge in [0.15, 0.2) is 0 Å². The summed E-state index contributed by atoms with van der Waals surface area (Å²) in [6, 6.07) is 16.6. The second-order valence-corrected chi connectivity index (χ2v) is 6.86. The molecule has 0 unspecified atom stereocenters. The Balaban J connectivity index is 2.08. The van der Waals surface area contributed by atoms with Gasteiger partial charge < -0.3 is 9.64 Å². The molecule has 1 aromatic heterocycles. The smallest absolute Gasteiger partial charge is 0.340 e. The Morgan fingerprint density at radius 1 is 1.04 bits per heavy atom. The van der Waals surface area contributed by atoms with Crippen LogP contribution in [0.1, 0.15) is 40.2 Å². The molecule has 0 spiro atoms. The van der Waals surface area contributed by atoms with E-state index < -0.39 is 12.1 Å². The number of aryl methyl sites for hydroxylation is 1. The molecule has 0 aliphatic heterocycles. The largest absolute Gasteiger partial charge is 0.444 e. The number of hydrogen-bond acceptors (Lipinski definition) is 4. The zero-order chi connectivity index (χ0) is 20.3. The van der Waals surface area contributed by atoms with Gasteiger partial charge in [0.2, 0.25) is 6.10 Å². The summed E-state index contributed by atoms with van der Waals surface area (Å²) in [5.74, 6) is -0.805. The predicted molar refractivity (Wildman–Crippen MR) is 109 cm³/mol. The van der Waals surface area contributed by atoms with Gasteiger partial charge in [0.1, 0.15) is 0 Å². The molecule has 28 heavy (non-hydrogen) atoms. The van der Waals surface area contributed by atoms with Crippen molar-refractivity contribution in [1.82, 2.24) is 9.88 Å². The second kappa shape index (κ2) is 8.21. The first-order valence-electron chi connectivity index (χ1n) is 9.29. The van der Waals surface area contributed by atoms with Crippen molar-refractivity contribution in [2.45, 2.75) is 26.4 Å². The summed E-state index contributed by atoms with van der Waals surface area (Å²) < 4.78 is 5.78. The van der Waals surface area contributed by atoms with E-state index in [0.717, 1.165) is 22.2 Å². The minimum Gasteiger partial charge on any atom is -0.444 e. The predicted octanol–water partition coefficient (Wildman–Crippen LogP) is 4.09. The lowest BCUT2D eigenvalue weighted by Crippen LogP contribution is -2.31. The number of esters is 1. The van der Waals surface area contributed by atoms with Crippen LogP contribution in [0.15, 0.2) is 54.6 Å². The minimum atomic E-state index is -1.000. The number of rotatable bonds is 5. The summed E-state index contributed by atoms with van der Waals surface area (Å²) in [5.41, 5.74) is 3.49. The Morgan fingerprint density at radius 2 is 1.68 bits per heavy atom. The fourth-order valence-corrected chi connectivity index (χ4v) is 3.25. The molecule has 0 aliphatic carbocycles. The van der Waals surface area contributed by atoms with Crippen LogP contribution < -0.4 is 0 Å². The summed E-state index contributed by atoms with van der Waals surface area (Å²) in [4.78, 5) is 32.0. The van der Waals surface area contributed by atoms with Gasteiger partial charge >= 0.3 is 5.97 Å². The molecule has 0 bridgehead atoms. The van der Waals surface area contributed by atoms with Crippen molar-refractivity contribution >= 4 is 22.8 Å². The lowest BCUT2D eigenvalue weighted by molar-refractivity contribution is -0.138. The third kappa shape index (κ3) is 3.74. The molecule has 0 aliphatic rings. The highest BCUT2D eigenvalue weighted by molar-refractivity contribution is 6.05. The zero-order valence-electron chi connectivity index (χ0n) is 16.6. The Kier molecular flexibility index (Phi) is 5.73. The van der Waals surface area contributed by atoms with E-state index in [9.17, 15) is 9.59 Å². The van der Waals surface area contributed by atoms with Crippen molar-refractivity contribution in [1.29, 1.82) is 0 Å². The highest BCUT2D eigenvalue weighted by Gasteiger charge is 2.29. The summed E-state index contributed by atoms with van der Waals surface area (Å²) in [6.45, 7) is 3.88. The van der Waals surface area contributed by atoms with Gasteiger partial charge in [-0.25, -0.2) is 4.79 Å². The summed E-state index contributed by atoms with van der Waals surface area (Å²) in [5, 5.41) is 0.728. The lowest BCUT2D eigenvalue weighted by Gasteiger charge is -2.22. The van der Waals surface area contributed by atoms with E-state index in [4.69, 9.17) is 4.74 Å². The average molecular weight is 376 g/mol. The zero-order valence-corrected chi connectivity index (χ0v) is 16.6. The number of para-hydroxylation sites is 1. The number of carbonyl (C=O) groups excluding carboxylic acids is 2. The maximum Gasteiger partial charge on any atom is 0.340 e. The Morgan fingerprint density at radius 3 is 2.32 bits per heavy atom. The number of pyridine rings is 1. The number of amides is 1. The van der Waals surface area contributed by atoms with Crippen molar-refractivity contribution < 1.29 is 14.3 Å². The van der Waals surface area contributed by atoms with Gasteiger partial charge in [-0.15, -0.1) is 0 Å². The standard InChI is InChI=1S/C23H24N2O3/c1-5-18-15(2)20(17-13-9-10-14-19(17)24-18)23(27)28-21(22(26)25(3)4)16-11-7-6-8-12-16/h6-14,21H,5H2,1-4H3/t21-/m0/s1. The van der Waals surface area contributed by atoms with Gasteiger partial charge in [0.25, 0.3) is 5.91 Å². The van der Waals surface area contributed by atoms with Gasteiger partial charge in [-0.05, 0) is 25.0 Å². The van der Waals surface area contributed by atoms with E-state index >= 15 is 0 Å². The third-order valence-electron chi connectivity index (χ3n) is 4.77. The average Bonchev–Trinajstić information content (AvgIpc) is 2.71. The SMILES string of the molecule is CCc1nc2ccccc2c(C(=O)O[C@H](C(=O)N(C)C)c2ccccc2)c1C. The number of benzene rings is 2. The molecule has 1 heterocycles. The first-order chi connectivity index (χ1) is 13.4.